The van der Waals surface area contributed by atoms with Gasteiger partial charge in [0.05, 0.1) is 6.61 Å². The van der Waals surface area contributed by atoms with E-state index >= 15 is 0 Å². The number of benzene rings is 1. The van der Waals surface area contributed by atoms with E-state index in [4.69, 9.17) is 4.74 Å². The molecule has 0 radical (unpaired) electrons. The zero-order chi connectivity index (χ0) is 20.9. The van der Waals surface area contributed by atoms with Crippen LogP contribution in [0.15, 0.2) is 41.1 Å². The average molecular weight is 428 g/mol. The lowest BCUT2D eigenvalue weighted by atomic mass is 9.81. The molecule has 0 saturated carbocycles. The van der Waals surface area contributed by atoms with Gasteiger partial charge in [-0.25, -0.2) is 0 Å². The summed E-state index contributed by atoms with van der Waals surface area (Å²) in [6, 6.07) is 7.82. The van der Waals surface area contributed by atoms with Crippen LogP contribution in [0.5, 0.6) is 11.5 Å². The first kappa shape index (κ1) is 22.0. The number of likely N-dealkylation sites (tertiary alicyclic amines) is 1. The summed E-state index contributed by atoms with van der Waals surface area (Å²) in [6.45, 7) is 8.19. The lowest BCUT2D eigenvalue weighted by Crippen LogP contribution is -2.43. The Morgan fingerprint density at radius 1 is 1.17 bits per heavy atom. The number of thiophene rings is 1. The molecule has 1 aromatic heterocycles. The number of rotatable bonds is 8. The van der Waals surface area contributed by atoms with Crippen LogP contribution < -0.4 is 9.47 Å². The Bertz CT molecular complexity index is 734. The van der Waals surface area contributed by atoms with Gasteiger partial charge in [-0.3, -0.25) is 0 Å². The van der Waals surface area contributed by atoms with E-state index in [1.807, 2.05) is 0 Å². The Hall–Kier alpha value is -1.73. The summed E-state index contributed by atoms with van der Waals surface area (Å²) in [5.41, 5.74) is 1.36. The molecule has 3 rings (SSSR count). The van der Waals surface area contributed by atoms with Gasteiger partial charge in [-0.2, -0.15) is 11.3 Å². The van der Waals surface area contributed by atoms with Crippen molar-refractivity contribution in [1.29, 1.82) is 0 Å². The van der Waals surface area contributed by atoms with E-state index in [0.717, 1.165) is 32.5 Å². The molecule has 1 saturated heterocycles. The molecule has 3 nitrogen and oxygen atoms in total. The SMILES string of the molecule is CCC(C)CN1CC[C@H](c2ccsc2)[C@@H](COc2ccc(OC(F)(F)F)cc2)C1. The Balaban J connectivity index is 1.62. The van der Waals surface area contributed by atoms with E-state index in [-0.39, 0.29) is 5.75 Å². The normalized spacial score (nSPS) is 21.7. The van der Waals surface area contributed by atoms with Gasteiger partial charge in [0, 0.05) is 19.0 Å². The van der Waals surface area contributed by atoms with Crippen molar-refractivity contribution in [3.05, 3.63) is 46.7 Å². The lowest BCUT2D eigenvalue weighted by molar-refractivity contribution is -0.274. The van der Waals surface area contributed by atoms with Crippen molar-refractivity contribution in [2.45, 2.75) is 39.0 Å². The summed E-state index contributed by atoms with van der Waals surface area (Å²) in [7, 11) is 0. The van der Waals surface area contributed by atoms with Crippen LogP contribution in [0.3, 0.4) is 0 Å². The van der Waals surface area contributed by atoms with E-state index < -0.39 is 6.36 Å². The van der Waals surface area contributed by atoms with Crippen LogP contribution in [0, 0.1) is 11.8 Å². The fourth-order valence-electron chi connectivity index (χ4n) is 3.88. The van der Waals surface area contributed by atoms with Crippen LogP contribution in [0.25, 0.3) is 0 Å². The molecule has 7 heteroatoms. The van der Waals surface area contributed by atoms with Crippen LogP contribution in [0.1, 0.15) is 38.2 Å². The molecule has 2 aromatic rings. The Kier molecular flexibility index (Phi) is 7.46. The molecule has 0 bridgehead atoms. The number of hydrogen-bond acceptors (Lipinski definition) is 4. The molecular formula is C22H28F3NO2S. The molecule has 3 atom stereocenters. The van der Waals surface area contributed by atoms with Gasteiger partial charge in [-0.1, -0.05) is 20.3 Å². The van der Waals surface area contributed by atoms with Gasteiger partial charge in [0.15, 0.2) is 0 Å². The standard InChI is InChI=1S/C22H28F3NO2S/c1-3-16(2)12-26-10-8-21(17-9-11-29-15-17)18(13-26)14-27-19-4-6-20(7-5-19)28-22(23,24)25/h4-7,9,11,15-16,18,21H,3,8,10,12-14H2,1-2H3/t16?,18-,21-/m1/s1. The van der Waals surface area contributed by atoms with Crippen molar-refractivity contribution in [3.63, 3.8) is 0 Å². The molecule has 0 spiro atoms. The van der Waals surface area contributed by atoms with Crippen LogP contribution in [-0.4, -0.2) is 37.5 Å². The van der Waals surface area contributed by atoms with Crippen molar-refractivity contribution in [2.24, 2.45) is 11.8 Å². The van der Waals surface area contributed by atoms with Gasteiger partial charge in [0.1, 0.15) is 11.5 Å². The summed E-state index contributed by atoms with van der Waals surface area (Å²) in [5, 5.41) is 4.32. The minimum absolute atomic E-state index is 0.238. The molecule has 1 aliphatic rings. The first-order valence-electron chi connectivity index (χ1n) is 10.1. The predicted molar refractivity (Wildman–Crippen MR) is 110 cm³/mol. The number of hydrogen-bond donors (Lipinski definition) is 0. The highest BCUT2D eigenvalue weighted by Crippen LogP contribution is 2.35. The maximum atomic E-state index is 12.3. The molecule has 1 aromatic carbocycles. The van der Waals surface area contributed by atoms with Gasteiger partial charge in [-0.15, -0.1) is 13.2 Å². The second-order valence-electron chi connectivity index (χ2n) is 7.82. The maximum absolute atomic E-state index is 12.3. The molecule has 1 aliphatic heterocycles. The third-order valence-electron chi connectivity index (χ3n) is 5.58. The fraction of sp³-hybridized carbons (Fsp3) is 0.545. The summed E-state index contributed by atoms with van der Waals surface area (Å²) in [6.07, 6.45) is -2.42. The number of alkyl halides is 3. The van der Waals surface area contributed by atoms with Crippen molar-refractivity contribution >= 4 is 11.3 Å². The first-order chi connectivity index (χ1) is 13.8. The predicted octanol–water partition coefficient (Wildman–Crippen LogP) is 6.18. The second kappa shape index (κ2) is 9.85. The fourth-order valence-corrected chi connectivity index (χ4v) is 4.60. The molecule has 0 N–H and O–H groups in total. The number of nitrogens with zero attached hydrogens (tertiary/aromatic N) is 1. The highest BCUT2D eigenvalue weighted by Gasteiger charge is 2.32. The molecule has 1 unspecified atom stereocenters. The van der Waals surface area contributed by atoms with Crippen molar-refractivity contribution in [3.8, 4) is 11.5 Å². The molecule has 2 heterocycles. The quantitative estimate of drug-likeness (QED) is 0.502. The topological polar surface area (TPSA) is 21.7 Å². The first-order valence-corrected chi connectivity index (χ1v) is 11.0. The zero-order valence-corrected chi connectivity index (χ0v) is 17.6. The molecule has 160 valence electrons. The highest BCUT2D eigenvalue weighted by atomic mass is 32.1. The molecule has 29 heavy (non-hydrogen) atoms. The smallest absolute Gasteiger partial charge is 0.493 e. The van der Waals surface area contributed by atoms with Crippen LogP contribution in [0.4, 0.5) is 13.2 Å². The third-order valence-corrected chi connectivity index (χ3v) is 6.28. The third kappa shape index (κ3) is 6.64. The van der Waals surface area contributed by atoms with Crippen molar-refractivity contribution in [1.82, 2.24) is 4.90 Å². The summed E-state index contributed by atoms with van der Waals surface area (Å²) < 4.78 is 46.8. The van der Waals surface area contributed by atoms with E-state index in [0.29, 0.717) is 30.1 Å². The van der Waals surface area contributed by atoms with Gasteiger partial charge < -0.3 is 14.4 Å². The number of halogens is 3. The molecule has 0 aliphatic carbocycles. The van der Waals surface area contributed by atoms with Gasteiger partial charge >= 0.3 is 6.36 Å². The Morgan fingerprint density at radius 3 is 2.52 bits per heavy atom. The molecule has 0 amide bonds. The Morgan fingerprint density at radius 2 is 1.90 bits per heavy atom. The van der Waals surface area contributed by atoms with Gasteiger partial charge in [0.25, 0.3) is 0 Å². The van der Waals surface area contributed by atoms with Crippen LogP contribution in [0.2, 0.25) is 0 Å². The highest BCUT2D eigenvalue weighted by molar-refractivity contribution is 7.07. The van der Waals surface area contributed by atoms with Gasteiger partial charge in [-0.05, 0) is 71.5 Å². The molecule has 1 fully saturated rings. The van der Waals surface area contributed by atoms with Crippen LogP contribution in [-0.2, 0) is 0 Å². The van der Waals surface area contributed by atoms with Crippen molar-refractivity contribution in [2.75, 3.05) is 26.2 Å². The number of piperidine rings is 1. The van der Waals surface area contributed by atoms with E-state index in [1.54, 1.807) is 11.3 Å². The average Bonchev–Trinajstić information content (AvgIpc) is 3.21. The number of ether oxygens (including phenoxy) is 2. The summed E-state index contributed by atoms with van der Waals surface area (Å²) in [5.74, 6) is 1.77. The van der Waals surface area contributed by atoms with Crippen LogP contribution >= 0.6 is 11.3 Å². The maximum Gasteiger partial charge on any atom is 0.573 e. The summed E-state index contributed by atoms with van der Waals surface area (Å²) >= 11 is 1.71. The van der Waals surface area contributed by atoms with Gasteiger partial charge in [0.2, 0.25) is 0 Å². The van der Waals surface area contributed by atoms with E-state index in [2.05, 4.69) is 40.3 Å². The molecular weight excluding hydrogens is 399 g/mol. The largest absolute Gasteiger partial charge is 0.573 e. The summed E-state index contributed by atoms with van der Waals surface area (Å²) in [4.78, 5) is 2.52. The van der Waals surface area contributed by atoms with E-state index in [9.17, 15) is 13.2 Å². The second-order valence-corrected chi connectivity index (χ2v) is 8.60. The minimum atomic E-state index is -4.68. The van der Waals surface area contributed by atoms with Crippen molar-refractivity contribution < 1.29 is 22.6 Å². The Labute approximate surface area is 174 Å². The zero-order valence-electron chi connectivity index (χ0n) is 16.8. The lowest BCUT2D eigenvalue weighted by Gasteiger charge is -2.39. The monoisotopic (exact) mass is 427 g/mol. The van der Waals surface area contributed by atoms with E-state index in [1.165, 1.54) is 29.8 Å². The minimum Gasteiger partial charge on any atom is -0.493 e.